The van der Waals surface area contributed by atoms with Crippen LogP contribution in [-0.4, -0.2) is 11.7 Å². The van der Waals surface area contributed by atoms with Gasteiger partial charge in [-0.2, -0.15) is 0 Å². The summed E-state index contributed by atoms with van der Waals surface area (Å²) in [5.41, 5.74) is 5.21. The summed E-state index contributed by atoms with van der Waals surface area (Å²) in [6, 6.07) is 2.03. The highest BCUT2D eigenvalue weighted by atomic mass is 16.1. The predicted molar refractivity (Wildman–Crippen MR) is 74.6 cm³/mol. The van der Waals surface area contributed by atoms with Crippen LogP contribution < -0.4 is 5.32 Å². The van der Waals surface area contributed by atoms with Gasteiger partial charge in [-0.05, 0) is 55.4 Å². The molecule has 1 aromatic carbocycles. The molecule has 3 rings (SSSR count). The van der Waals surface area contributed by atoms with Crippen molar-refractivity contribution in [2.75, 3.05) is 5.32 Å². The van der Waals surface area contributed by atoms with Crippen LogP contribution in [0.4, 0.5) is 5.69 Å². The van der Waals surface area contributed by atoms with Crippen LogP contribution in [-0.2, 0) is 17.6 Å². The lowest BCUT2D eigenvalue weighted by molar-refractivity contribution is -0.116. The van der Waals surface area contributed by atoms with E-state index in [1.54, 1.807) is 0 Å². The average Bonchev–Trinajstić information content (AvgIpc) is 2.39. The number of ketones is 1. The molecular weight excluding hydrogens is 238 g/mol. The maximum atomic E-state index is 12.6. The van der Waals surface area contributed by atoms with Crippen LogP contribution in [0.5, 0.6) is 0 Å². The van der Waals surface area contributed by atoms with E-state index in [-0.39, 0.29) is 11.8 Å². The first-order valence-electron chi connectivity index (χ1n) is 7.11. The standard InChI is InChI=1S/C16H19NO2/c1-3-10-4-5-11-9(2)8-13-12(15(11)16(10)19)6-7-14(18)17-13/h8,10H,3-7H2,1-2H3,(H,17,18). The van der Waals surface area contributed by atoms with Crippen molar-refractivity contribution in [2.24, 2.45) is 5.92 Å². The van der Waals surface area contributed by atoms with E-state index in [0.717, 1.165) is 41.6 Å². The summed E-state index contributed by atoms with van der Waals surface area (Å²) >= 11 is 0. The zero-order chi connectivity index (χ0) is 13.6. The summed E-state index contributed by atoms with van der Waals surface area (Å²) in [6.45, 7) is 4.12. The van der Waals surface area contributed by atoms with Gasteiger partial charge in [0.2, 0.25) is 5.91 Å². The van der Waals surface area contributed by atoms with Crippen LogP contribution in [0.2, 0.25) is 0 Å². The number of nitrogens with one attached hydrogen (secondary N) is 1. The van der Waals surface area contributed by atoms with Crippen molar-refractivity contribution in [3.8, 4) is 0 Å². The van der Waals surface area contributed by atoms with Crippen LogP contribution in [0, 0.1) is 12.8 Å². The molecule has 1 unspecified atom stereocenters. The number of carbonyl (C=O) groups is 2. The maximum Gasteiger partial charge on any atom is 0.224 e. The molecule has 0 aromatic heterocycles. The number of hydrogen-bond acceptors (Lipinski definition) is 2. The van der Waals surface area contributed by atoms with Crippen LogP contribution in [0.3, 0.4) is 0 Å². The number of benzene rings is 1. The fraction of sp³-hybridized carbons (Fsp3) is 0.500. The number of rotatable bonds is 1. The zero-order valence-electron chi connectivity index (χ0n) is 11.5. The highest BCUT2D eigenvalue weighted by molar-refractivity contribution is 6.05. The third kappa shape index (κ3) is 1.88. The molecule has 3 nitrogen and oxygen atoms in total. The average molecular weight is 257 g/mol. The summed E-state index contributed by atoms with van der Waals surface area (Å²) in [4.78, 5) is 24.2. The minimum Gasteiger partial charge on any atom is -0.326 e. The maximum absolute atomic E-state index is 12.6. The first-order valence-corrected chi connectivity index (χ1v) is 7.11. The van der Waals surface area contributed by atoms with Crippen molar-refractivity contribution in [3.63, 3.8) is 0 Å². The van der Waals surface area contributed by atoms with E-state index in [1.165, 1.54) is 5.56 Å². The molecular formula is C16H19NO2. The third-order valence-electron chi connectivity index (χ3n) is 4.49. The molecule has 0 fully saturated rings. The van der Waals surface area contributed by atoms with Gasteiger partial charge in [0, 0.05) is 23.6 Å². The van der Waals surface area contributed by atoms with Gasteiger partial charge in [0.05, 0.1) is 0 Å². The first-order chi connectivity index (χ1) is 9.11. The van der Waals surface area contributed by atoms with Gasteiger partial charge >= 0.3 is 0 Å². The van der Waals surface area contributed by atoms with Crippen molar-refractivity contribution >= 4 is 17.4 Å². The monoisotopic (exact) mass is 257 g/mol. The largest absolute Gasteiger partial charge is 0.326 e. The molecule has 1 N–H and O–H groups in total. The molecule has 1 aromatic rings. The SMILES string of the molecule is CCC1CCc2c(C)cc3c(c2C1=O)CCC(=O)N3. The van der Waals surface area contributed by atoms with E-state index in [0.29, 0.717) is 18.6 Å². The van der Waals surface area contributed by atoms with E-state index in [9.17, 15) is 9.59 Å². The van der Waals surface area contributed by atoms with Gasteiger partial charge in [0.1, 0.15) is 0 Å². The predicted octanol–water partition coefficient (Wildman–Crippen LogP) is 3.03. The van der Waals surface area contributed by atoms with E-state index >= 15 is 0 Å². The second kappa shape index (κ2) is 4.48. The van der Waals surface area contributed by atoms with Crippen LogP contribution >= 0.6 is 0 Å². The molecule has 0 saturated carbocycles. The number of anilines is 1. The third-order valence-corrected chi connectivity index (χ3v) is 4.49. The van der Waals surface area contributed by atoms with Crippen molar-refractivity contribution in [1.82, 2.24) is 0 Å². The lowest BCUT2D eigenvalue weighted by atomic mass is 9.76. The van der Waals surface area contributed by atoms with Gasteiger partial charge < -0.3 is 5.32 Å². The van der Waals surface area contributed by atoms with Crippen LogP contribution in [0.15, 0.2) is 6.07 Å². The van der Waals surface area contributed by atoms with Gasteiger partial charge in [-0.25, -0.2) is 0 Å². The Bertz CT molecular complexity index is 575. The summed E-state index contributed by atoms with van der Waals surface area (Å²) in [7, 11) is 0. The summed E-state index contributed by atoms with van der Waals surface area (Å²) < 4.78 is 0. The highest BCUT2D eigenvalue weighted by Gasteiger charge is 2.32. The normalized spacial score (nSPS) is 21.7. The molecule has 1 amide bonds. The van der Waals surface area contributed by atoms with Gasteiger partial charge in [0.25, 0.3) is 0 Å². The number of fused-ring (bicyclic) bond motifs is 3. The Kier molecular flexibility index (Phi) is 2.92. The van der Waals surface area contributed by atoms with Gasteiger partial charge in [-0.3, -0.25) is 9.59 Å². The van der Waals surface area contributed by atoms with E-state index in [1.807, 2.05) is 13.0 Å². The Balaban J connectivity index is 2.18. The molecule has 3 heteroatoms. The second-order valence-corrected chi connectivity index (χ2v) is 5.63. The Morgan fingerprint density at radius 1 is 1.21 bits per heavy atom. The van der Waals surface area contributed by atoms with Gasteiger partial charge in [0.15, 0.2) is 5.78 Å². The molecule has 1 atom stereocenters. The zero-order valence-corrected chi connectivity index (χ0v) is 11.5. The van der Waals surface area contributed by atoms with Crippen molar-refractivity contribution in [3.05, 3.63) is 28.3 Å². The van der Waals surface area contributed by atoms with Crippen LogP contribution in [0.1, 0.15) is 53.2 Å². The lowest BCUT2D eigenvalue weighted by Crippen LogP contribution is -2.28. The Hall–Kier alpha value is -1.64. The second-order valence-electron chi connectivity index (χ2n) is 5.63. The van der Waals surface area contributed by atoms with E-state index in [4.69, 9.17) is 0 Å². The van der Waals surface area contributed by atoms with E-state index in [2.05, 4.69) is 12.2 Å². The van der Waals surface area contributed by atoms with E-state index < -0.39 is 0 Å². The summed E-state index contributed by atoms with van der Waals surface area (Å²) in [5, 5.41) is 2.91. The van der Waals surface area contributed by atoms with Gasteiger partial charge in [-0.15, -0.1) is 0 Å². The Morgan fingerprint density at radius 3 is 2.74 bits per heavy atom. The number of Topliss-reactive ketones (excluding diaryl/α,β-unsaturated/α-hetero) is 1. The van der Waals surface area contributed by atoms with Crippen LogP contribution in [0.25, 0.3) is 0 Å². The molecule has 100 valence electrons. The summed E-state index contributed by atoms with van der Waals surface area (Å²) in [5.74, 6) is 0.512. The molecule has 19 heavy (non-hydrogen) atoms. The fourth-order valence-electron chi connectivity index (χ4n) is 3.39. The molecule has 2 aliphatic rings. The lowest BCUT2D eigenvalue weighted by Gasteiger charge is -2.29. The molecule has 0 radical (unpaired) electrons. The first kappa shape index (κ1) is 12.4. The molecule has 0 saturated heterocycles. The number of amides is 1. The summed E-state index contributed by atoms with van der Waals surface area (Å²) in [6.07, 6.45) is 4.06. The highest BCUT2D eigenvalue weighted by Crippen LogP contribution is 2.37. The smallest absolute Gasteiger partial charge is 0.224 e. The Morgan fingerprint density at radius 2 is 2.00 bits per heavy atom. The van der Waals surface area contributed by atoms with Crippen molar-refractivity contribution < 1.29 is 9.59 Å². The fourth-order valence-corrected chi connectivity index (χ4v) is 3.39. The topological polar surface area (TPSA) is 46.2 Å². The molecule has 1 heterocycles. The molecule has 1 aliphatic heterocycles. The minimum absolute atomic E-state index is 0.0575. The van der Waals surface area contributed by atoms with Crippen molar-refractivity contribution in [1.29, 1.82) is 0 Å². The van der Waals surface area contributed by atoms with Gasteiger partial charge in [-0.1, -0.05) is 6.92 Å². The molecule has 0 bridgehead atoms. The number of aryl methyl sites for hydroxylation is 1. The minimum atomic E-state index is 0.0575. The quantitative estimate of drug-likeness (QED) is 0.840. The number of hydrogen-bond donors (Lipinski definition) is 1. The number of carbonyl (C=O) groups excluding carboxylic acids is 2. The van der Waals surface area contributed by atoms with Crippen molar-refractivity contribution in [2.45, 2.75) is 46.0 Å². The molecule has 1 aliphatic carbocycles. The molecule has 0 spiro atoms. The Labute approximate surface area is 113 Å².